The van der Waals surface area contributed by atoms with E-state index >= 15 is 0 Å². The number of rotatable bonds is 12. The molecule has 0 heterocycles. The number of aryl methyl sites for hydroxylation is 1. The monoisotopic (exact) mass is 637 g/mol. The summed E-state index contributed by atoms with van der Waals surface area (Å²) in [6, 6.07) is 28.2. The molecule has 4 rings (SSSR count). The van der Waals surface area contributed by atoms with Crippen molar-refractivity contribution in [1.29, 1.82) is 0 Å². The van der Waals surface area contributed by atoms with Crippen LogP contribution in [0, 0.1) is 6.92 Å². The van der Waals surface area contributed by atoms with E-state index in [1.54, 1.807) is 74.5 Å². The predicted octanol–water partition coefficient (Wildman–Crippen LogP) is 6.27. The third kappa shape index (κ3) is 8.16. The Kier molecular flexibility index (Phi) is 10.9. The molecule has 4 aromatic carbocycles. The lowest BCUT2D eigenvalue weighted by molar-refractivity contribution is -0.140. The minimum atomic E-state index is -4.19. The maximum atomic E-state index is 14.4. The van der Waals surface area contributed by atoms with Gasteiger partial charge in [-0.2, -0.15) is 0 Å². The third-order valence-corrected chi connectivity index (χ3v) is 9.19. The molecule has 4 aromatic rings. The van der Waals surface area contributed by atoms with Gasteiger partial charge in [0.2, 0.25) is 11.8 Å². The van der Waals surface area contributed by atoms with Gasteiger partial charge < -0.3 is 10.2 Å². The van der Waals surface area contributed by atoms with Gasteiger partial charge in [0.05, 0.1) is 10.6 Å². The molecule has 0 aliphatic heterocycles. The Hall–Kier alpha value is -3.85. The predicted molar refractivity (Wildman–Crippen MR) is 172 cm³/mol. The van der Waals surface area contributed by atoms with E-state index in [2.05, 4.69) is 5.32 Å². The molecule has 224 valence electrons. The molecule has 1 N–H and O–H groups in total. The number of nitrogens with one attached hydrogen (secondary N) is 1. The van der Waals surface area contributed by atoms with Crippen molar-refractivity contribution in [2.24, 2.45) is 0 Å². The van der Waals surface area contributed by atoms with Crippen LogP contribution < -0.4 is 9.62 Å². The average molecular weight is 639 g/mol. The number of anilines is 1. The van der Waals surface area contributed by atoms with Gasteiger partial charge in [-0.05, 0) is 73.0 Å². The van der Waals surface area contributed by atoms with E-state index in [9.17, 15) is 18.0 Å². The van der Waals surface area contributed by atoms with Crippen molar-refractivity contribution in [2.75, 3.05) is 17.4 Å². The number of likely N-dealkylation sites (N-methyl/N-ethyl adjacent to an activating group) is 1. The summed E-state index contributed by atoms with van der Waals surface area (Å²) in [5.41, 5.74) is 2.48. The van der Waals surface area contributed by atoms with Crippen molar-refractivity contribution in [2.45, 2.75) is 37.8 Å². The van der Waals surface area contributed by atoms with Crippen LogP contribution in [-0.2, 0) is 32.6 Å². The molecule has 0 aromatic heterocycles. The van der Waals surface area contributed by atoms with Gasteiger partial charge in [0.1, 0.15) is 12.6 Å². The Morgan fingerprint density at radius 1 is 0.814 bits per heavy atom. The van der Waals surface area contributed by atoms with E-state index in [4.69, 9.17) is 23.2 Å². The molecule has 0 fully saturated rings. The van der Waals surface area contributed by atoms with Crippen LogP contribution in [0.2, 0.25) is 10.0 Å². The van der Waals surface area contributed by atoms with E-state index in [1.165, 1.54) is 17.0 Å². The van der Waals surface area contributed by atoms with Crippen LogP contribution in [0.25, 0.3) is 0 Å². The number of hydrogen-bond acceptors (Lipinski definition) is 4. The van der Waals surface area contributed by atoms with E-state index in [-0.39, 0.29) is 23.8 Å². The summed E-state index contributed by atoms with van der Waals surface area (Å²) in [5.74, 6) is -0.884. The average Bonchev–Trinajstić information content (AvgIpc) is 3.00. The smallest absolute Gasteiger partial charge is 0.264 e. The Balaban J connectivity index is 1.81. The van der Waals surface area contributed by atoms with Crippen LogP contribution in [0.4, 0.5) is 5.69 Å². The van der Waals surface area contributed by atoms with Gasteiger partial charge in [-0.1, -0.05) is 83.9 Å². The van der Waals surface area contributed by atoms with Crippen LogP contribution >= 0.6 is 23.2 Å². The Morgan fingerprint density at radius 3 is 2.02 bits per heavy atom. The zero-order valence-electron chi connectivity index (χ0n) is 23.9. The molecule has 0 radical (unpaired) electrons. The number of amides is 2. The highest BCUT2D eigenvalue weighted by molar-refractivity contribution is 7.92. The number of hydrogen-bond donors (Lipinski definition) is 1. The number of benzene rings is 4. The number of sulfonamides is 1. The van der Waals surface area contributed by atoms with Crippen LogP contribution in [0.5, 0.6) is 0 Å². The van der Waals surface area contributed by atoms with E-state index < -0.39 is 28.5 Å². The summed E-state index contributed by atoms with van der Waals surface area (Å²) in [5, 5.41) is 3.82. The van der Waals surface area contributed by atoms with Gasteiger partial charge in [0, 0.05) is 29.6 Å². The first-order valence-corrected chi connectivity index (χ1v) is 16.0. The number of carbonyl (C=O) groups excluding carboxylic acids is 2. The highest BCUT2D eigenvalue weighted by Crippen LogP contribution is 2.29. The first kappa shape index (κ1) is 32.1. The molecule has 10 heteroatoms. The Labute approximate surface area is 263 Å². The second-order valence-electron chi connectivity index (χ2n) is 10.0. The molecular weight excluding hydrogens is 605 g/mol. The second kappa shape index (κ2) is 14.6. The Bertz CT molecular complexity index is 1650. The number of halogens is 2. The fourth-order valence-corrected chi connectivity index (χ4v) is 6.62. The van der Waals surface area contributed by atoms with Gasteiger partial charge in [0.15, 0.2) is 0 Å². The molecule has 0 bridgehead atoms. The molecule has 43 heavy (non-hydrogen) atoms. The number of carbonyl (C=O) groups is 2. The fraction of sp³-hybridized carbons (Fsp3) is 0.212. The quantitative estimate of drug-likeness (QED) is 0.198. The van der Waals surface area contributed by atoms with Gasteiger partial charge >= 0.3 is 0 Å². The first-order chi connectivity index (χ1) is 20.6. The molecule has 0 saturated carbocycles. The lowest BCUT2D eigenvalue weighted by atomic mass is 10.0. The standard InChI is InChI=1S/C33H33Cl2N3O4S/c1-3-36-33(40)31(21-25-10-6-4-7-11-25)37(22-26-14-16-27(34)17-15-26)32(39)23-38(30-19-18-28(35)20-24(30)2)43(41,42)29-12-8-5-9-13-29/h4-20,31H,3,21-23H2,1-2H3,(H,36,40)/t31-/m1/s1. The largest absolute Gasteiger partial charge is 0.355 e. The number of nitrogens with zero attached hydrogens (tertiary/aromatic N) is 2. The van der Waals surface area contributed by atoms with Gasteiger partial charge in [-0.25, -0.2) is 8.42 Å². The van der Waals surface area contributed by atoms with Crippen LogP contribution in [0.3, 0.4) is 0 Å². The summed E-state index contributed by atoms with van der Waals surface area (Å²) < 4.78 is 29.2. The van der Waals surface area contributed by atoms with Gasteiger partial charge in [0.25, 0.3) is 10.0 Å². The molecule has 7 nitrogen and oxygen atoms in total. The molecule has 0 aliphatic carbocycles. The van der Waals surface area contributed by atoms with E-state index in [0.717, 1.165) is 15.4 Å². The van der Waals surface area contributed by atoms with Crippen molar-refractivity contribution >= 4 is 50.7 Å². The summed E-state index contributed by atoms with van der Waals surface area (Å²) >= 11 is 12.3. The van der Waals surface area contributed by atoms with E-state index in [1.807, 2.05) is 30.3 Å². The molecule has 0 spiro atoms. The third-order valence-electron chi connectivity index (χ3n) is 6.93. The zero-order valence-corrected chi connectivity index (χ0v) is 26.2. The summed E-state index contributed by atoms with van der Waals surface area (Å²) in [4.78, 5) is 29.4. The molecular formula is C33H33Cl2N3O4S. The minimum absolute atomic E-state index is 0.0333. The van der Waals surface area contributed by atoms with Crippen molar-refractivity contribution in [1.82, 2.24) is 10.2 Å². The second-order valence-corrected chi connectivity index (χ2v) is 12.7. The fourth-order valence-electron chi connectivity index (χ4n) is 4.76. The highest BCUT2D eigenvalue weighted by Gasteiger charge is 2.35. The summed E-state index contributed by atoms with van der Waals surface area (Å²) in [6.45, 7) is 3.42. The topological polar surface area (TPSA) is 86.8 Å². The van der Waals surface area contributed by atoms with Gasteiger partial charge in [-0.3, -0.25) is 13.9 Å². The molecule has 0 aliphatic rings. The summed E-state index contributed by atoms with van der Waals surface area (Å²) in [7, 11) is -4.19. The maximum Gasteiger partial charge on any atom is 0.264 e. The minimum Gasteiger partial charge on any atom is -0.355 e. The molecule has 2 amide bonds. The van der Waals surface area contributed by atoms with Crippen molar-refractivity contribution in [3.05, 3.63) is 130 Å². The van der Waals surface area contributed by atoms with Crippen molar-refractivity contribution in [3.63, 3.8) is 0 Å². The molecule has 0 unspecified atom stereocenters. The van der Waals surface area contributed by atoms with Crippen LogP contribution in [-0.4, -0.2) is 44.3 Å². The molecule has 0 saturated heterocycles. The van der Waals surface area contributed by atoms with Crippen molar-refractivity contribution < 1.29 is 18.0 Å². The van der Waals surface area contributed by atoms with Gasteiger partial charge in [-0.15, -0.1) is 0 Å². The maximum absolute atomic E-state index is 14.4. The lowest BCUT2D eigenvalue weighted by Gasteiger charge is -2.34. The van der Waals surface area contributed by atoms with Crippen LogP contribution in [0.1, 0.15) is 23.6 Å². The summed E-state index contributed by atoms with van der Waals surface area (Å²) in [6.07, 6.45) is 0.234. The van der Waals surface area contributed by atoms with Crippen molar-refractivity contribution in [3.8, 4) is 0 Å². The zero-order chi connectivity index (χ0) is 31.0. The first-order valence-electron chi connectivity index (χ1n) is 13.8. The van der Waals surface area contributed by atoms with Crippen LogP contribution in [0.15, 0.2) is 108 Å². The highest BCUT2D eigenvalue weighted by atomic mass is 35.5. The Morgan fingerprint density at radius 2 is 1.42 bits per heavy atom. The normalized spacial score (nSPS) is 11.9. The van der Waals surface area contributed by atoms with E-state index in [0.29, 0.717) is 27.8 Å². The molecule has 1 atom stereocenters. The SMILES string of the molecule is CCNC(=O)[C@@H](Cc1ccccc1)N(Cc1ccc(Cl)cc1)C(=O)CN(c1ccc(Cl)cc1C)S(=O)(=O)c1ccccc1. The lowest BCUT2D eigenvalue weighted by Crippen LogP contribution is -2.53.